The zero-order chi connectivity index (χ0) is 24.4. The molecule has 34 heavy (non-hydrogen) atoms. The van der Waals surface area contributed by atoms with E-state index in [1.54, 1.807) is 12.4 Å². The third-order valence-corrected chi connectivity index (χ3v) is 7.43. The standard InChI is InChI=1S/C26H34N4O3S/c1-3-4-10-16-27-26(31)29-24-14-9-8-11-22(24)15-18-34(32,33)19-17-30-20-28-25(21(30)2)23-12-6-5-7-13-23/h5-9,11-14,20H,3-4,10,15-19H2,1-2H3,(H2,27,29,31). The molecule has 1 heterocycles. The Morgan fingerprint density at radius 2 is 1.74 bits per heavy atom. The number of carbonyl (C=O) groups excluding carboxylic acids is 1. The first kappa shape index (κ1) is 25.5. The van der Waals surface area contributed by atoms with E-state index in [2.05, 4.69) is 22.5 Å². The first-order chi connectivity index (χ1) is 16.4. The van der Waals surface area contributed by atoms with Crippen molar-refractivity contribution in [1.29, 1.82) is 0 Å². The smallest absolute Gasteiger partial charge is 0.319 e. The number of urea groups is 1. The number of benzene rings is 2. The fourth-order valence-electron chi connectivity index (χ4n) is 3.76. The Morgan fingerprint density at radius 3 is 2.50 bits per heavy atom. The molecule has 0 saturated heterocycles. The molecule has 0 aliphatic rings. The second-order valence-electron chi connectivity index (χ2n) is 8.38. The zero-order valence-corrected chi connectivity index (χ0v) is 20.8. The third-order valence-electron chi connectivity index (χ3n) is 5.80. The van der Waals surface area contributed by atoms with Gasteiger partial charge in [0, 0.05) is 30.0 Å². The van der Waals surface area contributed by atoms with Crippen molar-refractivity contribution < 1.29 is 13.2 Å². The van der Waals surface area contributed by atoms with Gasteiger partial charge in [-0.2, -0.15) is 0 Å². The van der Waals surface area contributed by atoms with E-state index in [0.29, 0.717) is 25.2 Å². The summed E-state index contributed by atoms with van der Waals surface area (Å²) in [7, 11) is -3.29. The van der Waals surface area contributed by atoms with Gasteiger partial charge in [0.05, 0.1) is 23.5 Å². The molecule has 0 radical (unpaired) electrons. The van der Waals surface area contributed by atoms with Gasteiger partial charge in [-0.25, -0.2) is 18.2 Å². The van der Waals surface area contributed by atoms with E-state index in [9.17, 15) is 13.2 Å². The molecule has 0 bridgehead atoms. The van der Waals surface area contributed by atoms with Gasteiger partial charge in [-0.05, 0) is 31.4 Å². The van der Waals surface area contributed by atoms with Crippen LogP contribution in [0.3, 0.4) is 0 Å². The van der Waals surface area contributed by atoms with E-state index in [0.717, 1.165) is 41.8 Å². The van der Waals surface area contributed by atoms with E-state index in [-0.39, 0.29) is 17.5 Å². The largest absolute Gasteiger partial charge is 0.338 e. The molecule has 3 aromatic rings. The summed E-state index contributed by atoms with van der Waals surface area (Å²) in [5.74, 6) is 0.0506. The number of para-hydroxylation sites is 1. The highest BCUT2D eigenvalue weighted by Crippen LogP contribution is 2.21. The van der Waals surface area contributed by atoms with Gasteiger partial charge in [-0.1, -0.05) is 68.3 Å². The molecular weight excluding hydrogens is 448 g/mol. The van der Waals surface area contributed by atoms with Gasteiger partial charge in [0.2, 0.25) is 0 Å². The van der Waals surface area contributed by atoms with Crippen LogP contribution in [0.2, 0.25) is 0 Å². The summed E-state index contributed by atoms with van der Waals surface area (Å²) in [5, 5.41) is 5.70. The van der Waals surface area contributed by atoms with E-state index >= 15 is 0 Å². The second-order valence-corrected chi connectivity index (χ2v) is 10.7. The SMILES string of the molecule is CCCCCNC(=O)Nc1ccccc1CCS(=O)(=O)CCn1cnc(-c2ccccc2)c1C. The van der Waals surface area contributed by atoms with Crippen molar-refractivity contribution in [2.24, 2.45) is 0 Å². The molecular formula is C26H34N4O3S. The molecule has 0 aliphatic carbocycles. The Morgan fingerprint density at radius 1 is 1.00 bits per heavy atom. The molecule has 0 fully saturated rings. The Kier molecular flexibility index (Phi) is 9.27. The van der Waals surface area contributed by atoms with Crippen molar-refractivity contribution >= 4 is 21.6 Å². The number of hydrogen-bond acceptors (Lipinski definition) is 4. The summed E-state index contributed by atoms with van der Waals surface area (Å²) in [4.78, 5) is 16.6. The Balaban J connectivity index is 1.55. The molecule has 1 aromatic heterocycles. The summed E-state index contributed by atoms with van der Waals surface area (Å²) in [6.45, 7) is 5.05. The van der Waals surface area contributed by atoms with Crippen LogP contribution < -0.4 is 10.6 Å². The molecule has 8 heteroatoms. The van der Waals surface area contributed by atoms with Crippen molar-refractivity contribution in [3.63, 3.8) is 0 Å². The normalized spacial score (nSPS) is 11.4. The lowest BCUT2D eigenvalue weighted by atomic mass is 10.1. The van der Waals surface area contributed by atoms with Crippen molar-refractivity contribution in [2.75, 3.05) is 23.4 Å². The fraction of sp³-hybridized carbons (Fsp3) is 0.385. The van der Waals surface area contributed by atoms with Crippen LogP contribution in [-0.2, 0) is 22.8 Å². The van der Waals surface area contributed by atoms with E-state index in [4.69, 9.17) is 0 Å². The predicted octanol–water partition coefficient (Wildman–Crippen LogP) is 4.83. The fourth-order valence-corrected chi connectivity index (χ4v) is 4.97. The van der Waals surface area contributed by atoms with E-state index < -0.39 is 9.84 Å². The van der Waals surface area contributed by atoms with Crippen LogP contribution >= 0.6 is 0 Å². The lowest BCUT2D eigenvalue weighted by Gasteiger charge is -2.12. The Hall–Kier alpha value is -3.13. The summed E-state index contributed by atoms with van der Waals surface area (Å²) in [6, 6.07) is 16.9. The highest BCUT2D eigenvalue weighted by atomic mass is 32.2. The molecule has 0 spiro atoms. The zero-order valence-electron chi connectivity index (χ0n) is 20.0. The number of nitrogens with one attached hydrogen (secondary N) is 2. The van der Waals surface area contributed by atoms with Gasteiger partial charge in [0.25, 0.3) is 0 Å². The lowest BCUT2D eigenvalue weighted by molar-refractivity contribution is 0.252. The number of carbonyl (C=O) groups is 1. The average molecular weight is 483 g/mol. The molecule has 2 aromatic carbocycles. The average Bonchev–Trinajstić information content (AvgIpc) is 3.21. The van der Waals surface area contributed by atoms with Gasteiger partial charge in [-0.15, -0.1) is 0 Å². The molecule has 0 saturated carbocycles. The first-order valence-corrected chi connectivity index (χ1v) is 13.6. The number of rotatable bonds is 12. The number of nitrogens with zero attached hydrogens (tertiary/aromatic N) is 2. The van der Waals surface area contributed by atoms with E-state index in [1.165, 1.54) is 0 Å². The number of aryl methyl sites for hydroxylation is 2. The molecule has 3 rings (SSSR count). The second kappa shape index (κ2) is 12.4. The molecule has 0 unspecified atom stereocenters. The highest BCUT2D eigenvalue weighted by Gasteiger charge is 2.16. The quantitative estimate of drug-likeness (QED) is 0.362. The van der Waals surface area contributed by atoms with Crippen molar-refractivity contribution in [1.82, 2.24) is 14.9 Å². The van der Waals surface area contributed by atoms with Crippen molar-refractivity contribution in [3.05, 3.63) is 72.2 Å². The lowest BCUT2D eigenvalue weighted by Crippen LogP contribution is -2.30. The summed E-state index contributed by atoms with van der Waals surface area (Å²) >= 11 is 0. The topological polar surface area (TPSA) is 93.1 Å². The monoisotopic (exact) mass is 482 g/mol. The van der Waals surface area contributed by atoms with Gasteiger partial charge in [0.15, 0.2) is 9.84 Å². The van der Waals surface area contributed by atoms with Crippen LogP contribution in [0.5, 0.6) is 0 Å². The minimum absolute atomic E-state index is 0.0170. The Bertz CT molecular complexity index is 1170. The Labute approximate surface area is 202 Å². The van der Waals surface area contributed by atoms with Crippen molar-refractivity contribution in [2.45, 2.75) is 46.1 Å². The van der Waals surface area contributed by atoms with Gasteiger partial charge >= 0.3 is 6.03 Å². The predicted molar refractivity (Wildman–Crippen MR) is 138 cm³/mol. The van der Waals surface area contributed by atoms with E-state index in [1.807, 2.05) is 60.0 Å². The number of hydrogen-bond donors (Lipinski definition) is 2. The van der Waals surface area contributed by atoms with Crippen LogP contribution in [0.4, 0.5) is 10.5 Å². The maximum atomic E-state index is 12.8. The molecule has 2 N–H and O–H groups in total. The van der Waals surface area contributed by atoms with Gasteiger partial charge in [-0.3, -0.25) is 0 Å². The minimum atomic E-state index is -3.29. The number of amides is 2. The van der Waals surface area contributed by atoms with Crippen LogP contribution in [0, 0.1) is 6.92 Å². The van der Waals surface area contributed by atoms with Crippen LogP contribution in [-0.4, -0.2) is 42.1 Å². The highest BCUT2D eigenvalue weighted by molar-refractivity contribution is 7.91. The van der Waals surface area contributed by atoms with Crippen molar-refractivity contribution in [3.8, 4) is 11.3 Å². The number of anilines is 1. The molecule has 0 aliphatic heterocycles. The van der Waals surface area contributed by atoms with Crippen LogP contribution in [0.25, 0.3) is 11.3 Å². The molecule has 0 atom stereocenters. The van der Waals surface area contributed by atoms with Gasteiger partial charge in [0.1, 0.15) is 0 Å². The summed E-state index contributed by atoms with van der Waals surface area (Å²) < 4.78 is 27.4. The number of imidazole rings is 1. The number of sulfone groups is 1. The molecule has 7 nitrogen and oxygen atoms in total. The third kappa shape index (κ3) is 7.45. The maximum Gasteiger partial charge on any atom is 0.319 e. The van der Waals surface area contributed by atoms with Crippen LogP contribution in [0.1, 0.15) is 37.4 Å². The van der Waals surface area contributed by atoms with Crippen LogP contribution in [0.15, 0.2) is 60.9 Å². The summed E-state index contributed by atoms with van der Waals surface area (Å²) in [6.07, 6.45) is 5.14. The number of unbranched alkanes of at least 4 members (excludes halogenated alkanes) is 2. The maximum absolute atomic E-state index is 12.8. The summed E-state index contributed by atoms with van der Waals surface area (Å²) in [5.41, 5.74) is 4.27. The molecule has 182 valence electrons. The minimum Gasteiger partial charge on any atom is -0.338 e. The number of aromatic nitrogens is 2. The van der Waals surface area contributed by atoms with Gasteiger partial charge < -0.3 is 15.2 Å². The molecule has 2 amide bonds. The first-order valence-electron chi connectivity index (χ1n) is 11.8.